The van der Waals surface area contributed by atoms with Crippen molar-refractivity contribution in [2.24, 2.45) is 0 Å². The average molecular weight is 613 g/mol. The number of methoxy groups -OCH3 is 4. The second-order valence-electron chi connectivity index (χ2n) is 9.26. The lowest BCUT2D eigenvalue weighted by atomic mass is 10.1. The molecular formula is C34H32N2O7S. The van der Waals surface area contributed by atoms with Crippen LogP contribution in [0.5, 0.6) is 23.0 Å². The largest absolute Gasteiger partial charge is 0.497 e. The molecular weight excluding hydrogens is 580 g/mol. The third-order valence-corrected chi connectivity index (χ3v) is 7.39. The molecule has 0 aliphatic heterocycles. The van der Waals surface area contributed by atoms with Gasteiger partial charge in [0.05, 0.1) is 34.2 Å². The predicted molar refractivity (Wildman–Crippen MR) is 171 cm³/mol. The molecule has 10 heteroatoms. The molecule has 0 bridgehead atoms. The Kier molecular flexibility index (Phi) is 11.0. The number of hydrogen-bond donors (Lipinski definition) is 2. The van der Waals surface area contributed by atoms with E-state index in [1.165, 1.54) is 39.2 Å². The molecule has 0 radical (unpaired) electrons. The molecule has 0 aliphatic rings. The first kappa shape index (κ1) is 31.7. The summed E-state index contributed by atoms with van der Waals surface area (Å²) in [5, 5.41) is 5.57. The fourth-order valence-corrected chi connectivity index (χ4v) is 5.01. The topological polar surface area (TPSA) is 112 Å². The van der Waals surface area contributed by atoms with E-state index in [0.29, 0.717) is 45.4 Å². The Bertz CT molecular complexity index is 1630. The van der Waals surface area contributed by atoms with E-state index in [0.717, 1.165) is 4.90 Å². The summed E-state index contributed by atoms with van der Waals surface area (Å²) in [5.41, 5.74) is 1.97. The molecule has 4 aromatic rings. The van der Waals surface area contributed by atoms with Gasteiger partial charge in [-0.05, 0) is 78.4 Å². The van der Waals surface area contributed by atoms with Crippen molar-refractivity contribution < 1.29 is 33.3 Å². The number of rotatable bonds is 13. The molecule has 44 heavy (non-hydrogen) atoms. The molecule has 0 fully saturated rings. The lowest BCUT2D eigenvalue weighted by Crippen LogP contribution is -2.30. The summed E-state index contributed by atoms with van der Waals surface area (Å²) in [5.74, 6) is 1.01. The van der Waals surface area contributed by atoms with Gasteiger partial charge in [0.15, 0.2) is 17.3 Å². The van der Waals surface area contributed by atoms with E-state index in [1.807, 2.05) is 6.07 Å². The number of Topliss-reactive ketones (excluding diaryl/α,β-unsaturated/α-hetero) is 1. The van der Waals surface area contributed by atoms with Gasteiger partial charge in [-0.3, -0.25) is 14.4 Å². The number of carbonyl (C=O) groups excluding carboxylic acids is 3. The van der Waals surface area contributed by atoms with E-state index in [1.54, 1.807) is 92.0 Å². The normalized spacial score (nSPS) is 10.9. The zero-order valence-electron chi connectivity index (χ0n) is 24.7. The number of hydrogen-bond acceptors (Lipinski definition) is 8. The summed E-state index contributed by atoms with van der Waals surface area (Å²) >= 11 is 1.35. The Balaban J connectivity index is 1.56. The first-order valence-corrected chi connectivity index (χ1v) is 14.4. The van der Waals surface area contributed by atoms with Gasteiger partial charge >= 0.3 is 0 Å². The summed E-state index contributed by atoms with van der Waals surface area (Å²) in [6.07, 6.45) is 1.52. The van der Waals surface area contributed by atoms with Gasteiger partial charge in [-0.1, -0.05) is 24.3 Å². The van der Waals surface area contributed by atoms with Crippen LogP contribution in [0.4, 0.5) is 5.69 Å². The minimum absolute atomic E-state index is 0.0131. The standard InChI is InChI=1S/C34H32N2O7S/c1-40-26-15-13-23(14-16-26)29(37)21-44-27-12-8-11-25(20-27)35-34(39)28(36-33(38)24-9-6-5-7-10-24)17-22-18-30(41-2)32(43-4)31(19-22)42-3/h5-20H,21H2,1-4H3,(H,35,39)(H,36,38)/b28-17-. The van der Waals surface area contributed by atoms with Gasteiger partial charge < -0.3 is 29.6 Å². The van der Waals surface area contributed by atoms with E-state index >= 15 is 0 Å². The molecule has 226 valence electrons. The highest BCUT2D eigenvalue weighted by molar-refractivity contribution is 8.00. The number of ketones is 1. The van der Waals surface area contributed by atoms with Crippen LogP contribution >= 0.6 is 11.8 Å². The van der Waals surface area contributed by atoms with E-state index in [9.17, 15) is 14.4 Å². The summed E-state index contributed by atoms with van der Waals surface area (Å²) in [6.45, 7) is 0. The number of nitrogens with one attached hydrogen (secondary N) is 2. The zero-order chi connectivity index (χ0) is 31.5. The maximum absolute atomic E-state index is 13.6. The van der Waals surface area contributed by atoms with E-state index in [4.69, 9.17) is 18.9 Å². The number of amides is 2. The molecule has 0 atom stereocenters. The Morgan fingerprint density at radius 2 is 1.41 bits per heavy atom. The Hall–Kier alpha value is -5.22. The molecule has 0 unspecified atom stereocenters. The maximum Gasteiger partial charge on any atom is 0.272 e. The maximum atomic E-state index is 13.6. The van der Waals surface area contributed by atoms with Gasteiger partial charge in [0, 0.05) is 21.7 Å². The fraction of sp³-hybridized carbons (Fsp3) is 0.147. The Labute approximate surface area is 260 Å². The molecule has 0 saturated carbocycles. The molecule has 4 rings (SSSR count). The second-order valence-corrected chi connectivity index (χ2v) is 10.3. The second kappa shape index (κ2) is 15.3. The van der Waals surface area contributed by atoms with Crippen molar-refractivity contribution in [3.63, 3.8) is 0 Å². The summed E-state index contributed by atoms with van der Waals surface area (Å²) < 4.78 is 21.4. The van der Waals surface area contributed by atoms with Gasteiger partial charge in [0.1, 0.15) is 11.4 Å². The van der Waals surface area contributed by atoms with Crippen LogP contribution in [0.1, 0.15) is 26.3 Å². The van der Waals surface area contributed by atoms with Gasteiger partial charge in [-0.2, -0.15) is 0 Å². The van der Waals surface area contributed by atoms with Crippen LogP contribution in [0.2, 0.25) is 0 Å². The number of anilines is 1. The fourth-order valence-electron chi connectivity index (χ4n) is 4.16. The molecule has 2 amide bonds. The highest BCUT2D eigenvalue weighted by atomic mass is 32.2. The Morgan fingerprint density at radius 1 is 0.727 bits per heavy atom. The predicted octanol–water partition coefficient (Wildman–Crippen LogP) is 6.11. The van der Waals surface area contributed by atoms with Crippen molar-refractivity contribution in [1.29, 1.82) is 0 Å². The van der Waals surface area contributed by atoms with Crippen LogP contribution in [0.15, 0.2) is 102 Å². The SMILES string of the molecule is COc1ccc(C(=O)CSc2cccc(NC(=O)/C(=C/c3cc(OC)c(OC)c(OC)c3)NC(=O)c3ccccc3)c2)cc1. The van der Waals surface area contributed by atoms with Crippen molar-refractivity contribution in [2.75, 3.05) is 39.5 Å². The number of benzene rings is 4. The molecule has 4 aromatic carbocycles. The lowest BCUT2D eigenvalue weighted by Gasteiger charge is -2.15. The first-order valence-electron chi connectivity index (χ1n) is 13.4. The van der Waals surface area contributed by atoms with Crippen LogP contribution in [0.25, 0.3) is 6.08 Å². The highest BCUT2D eigenvalue weighted by Gasteiger charge is 2.18. The molecule has 0 saturated heterocycles. The highest BCUT2D eigenvalue weighted by Crippen LogP contribution is 2.38. The van der Waals surface area contributed by atoms with Crippen LogP contribution in [0, 0.1) is 0 Å². The van der Waals surface area contributed by atoms with Crippen LogP contribution < -0.4 is 29.6 Å². The molecule has 2 N–H and O–H groups in total. The number of ether oxygens (including phenoxy) is 4. The molecule has 0 aliphatic carbocycles. The molecule has 9 nitrogen and oxygen atoms in total. The van der Waals surface area contributed by atoms with Crippen molar-refractivity contribution >= 4 is 41.1 Å². The van der Waals surface area contributed by atoms with Crippen LogP contribution in [0.3, 0.4) is 0 Å². The lowest BCUT2D eigenvalue weighted by molar-refractivity contribution is -0.113. The van der Waals surface area contributed by atoms with Gasteiger partial charge in [0.25, 0.3) is 11.8 Å². The minimum atomic E-state index is -0.556. The van der Waals surface area contributed by atoms with Crippen LogP contribution in [-0.4, -0.2) is 51.8 Å². The molecule has 0 spiro atoms. The third kappa shape index (κ3) is 8.20. The van der Waals surface area contributed by atoms with Crippen molar-refractivity contribution in [1.82, 2.24) is 5.32 Å². The first-order chi connectivity index (χ1) is 21.3. The third-order valence-electron chi connectivity index (χ3n) is 6.40. The zero-order valence-corrected chi connectivity index (χ0v) is 25.5. The monoisotopic (exact) mass is 612 g/mol. The summed E-state index contributed by atoms with van der Waals surface area (Å²) in [6, 6.07) is 26.0. The van der Waals surface area contributed by atoms with Crippen molar-refractivity contribution in [2.45, 2.75) is 4.90 Å². The minimum Gasteiger partial charge on any atom is -0.497 e. The van der Waals surface area contributed by atoms with E-state index in [-0.39, 0.29) is 17.2 Å². The van der Waals surface area contributed by atoms with Gasteiger partial charge in [-0.25, -0.2) is 0 Å². The molecule has 0 aromatic heterocycles. The van der Waals surface area contributed by atoms with E-state index in [2.05, 4.69) is 10.6 Å². The number of thioether (sulfide) groups is 1. The van der Waals surface area contributed by atoms with Crippen molar-refractivity contribution in [3.05, 3.63) is 113 Å². The number of carbonyl (C=O) groups is 3. The van der Waals surface area contributed by atoms with Crippen LogP contribution in [-0.2, 0) is 4.79 Å². The quantitative estimate of drug-likeness (QED) is 0.106. The average Bonchev–Trinajstić information content (AvgIpc) is 3.06. The molecule has 0 heterocycles. The van der Waals surface area contributed by atoms with E-state index < -0.39 is 11.8 Å². The Morgan fingerprint density at radius 3 is 2.02 bits per heavy atom. The van der Waals surface area contributed by atoms with Crippen molar-refractivity contribution in [3.8, 4) is 23.0 Å². The van der Waals surface area contributed by atoms with Gasteiger partial charge in [0.2, 0.25) is 5.75 Å². The summed E-state index contributed by atoms with van der Waals surface area (Å²) in [7, 11) is 6.05. The smallest absolute Gasteiger partial charge is 0.272 e. The summed E-state index contributed by atoms with van der Waals surface area (Å²) in [4.78, 5) is 40.1. The van der Waals surface area contributed by atoms with Gasteiger partial charge in [-0.15, -0.1) is 11.8 Å².